The maximum absolute atomic E-state index is 13.3. The largest absolute Gasteiger partial charge is 0.497 e. The van der Waals surface area contributed by atoms with Crippen LogP contribution in [0.2, 0.25) is 5.02 Å². The fourth-order valence-corrected chi connectivity index (χ4v) is 5.24. The van der Waals surface area contributed by atoms with E-state index in [0.29, 0.717) is 28.5 Å². The van der Waals surface area contributed by atoms with Crippen LogP contribution in [0.4, 0.5) is 0 Å². The Kier molecular flexibility index (Phi) is 7.55. The van der Waals surface area contributed by atoms with E-state index in [1.54, 1.807) is 42.5 Å². The highest BCUT2D eigenvalue weighted by molar-refractivity contribution is 6.32. The minimum atomic E-state index is -0.771. The zero-order valence-corrected chi connectivity index (χ0v) is 21.7. The number of carboxylic acid groups (broad SMARTS) is 1. The monoisotopic (exact) mass is 533 g/mol. The third-order valence-electron chi connectivity index (χ3n) is 6.97. The molecule has 1 aliphatic rings. The van der Waals surface area contributed by atoms with Crippen LogP contribution in [0.25, 0.3) is 22.3 Å². The number of benzene rings is 2. The molecule has 4 aromatic rings. The molecule has 1 aliphatic carbocycles. The molecule has 0 aliphatic heterocycles. The number of carboxylic acids is 1. The number of fused-ring (bicyclic) bond motifs is 1. The van der Waals surface area contributed by atoms with E-state index in [1.807, 2.05) is 24.3 Å². The second kappa shape index (κ2) is 11.2. The number of hydrogen-bond acceptors (Lipinski definition) is 6. The van der Waals surface area contributed by atoms with Crippen molar-refractivity contribution in [3.05, 3.63) is 71.1 Å². The number of amides is 1. The number of carbonyl (C=O) groups is 2. The van der Waals surface area contributed by atoms with Crippen LogP contribution in [0.1, 0.15) is 48.0 Å². The second-order valence-electron chi connectivity index (χ2n) is 9.63. The summed E-state index contributed by atoms with van der Waals surface area (Å²) in [4.78, 5) is 33.4. The SMILES string of the molecule is COc1ccc(-c2ncc(Cn3ncc4cc(Cl)cc(C(=O)NC5CCC(CC(=O)O)CC5)c43)cn2)cc1. The summed E-state index contributed by atoms with van der Waals surface area (Å²) in [5.41, 5.74) is 2.86. The number of aromatic nitrogens is 4. The predicted octanol–water partition coefficient (Wildman–Crippen LogP) is 4.97. The van der Waals surface area contributed by atoms with Gasteiger partial charge in [0.05, 0.1) is 30.9 Å². The maximum atomic E-state index is 13.3. The van der Waals surface area contributed by atoms with Crippen LogP contribution in [0.5, 0.6) is 5.75 Å². The Morgan fingerprint density at radius 3 is 2.45 bits per heavy atom. The van der Waals surface area contributed by atoms with Crippen molar-refractivity contribution in [1.29, 1.82) is 0 Å². The molecule has 196 valence electrons. The van der Waals surface area contributed by atoms with Crippen molar-refractivity contribution in [2.24, 2.45) is 5.92 Å². The summed E-state index contributed by atoms with van der Waals surface area (Å²) in [6, 6.07) is 11.0. The normalized spacial score (nSPS) is 17.3. The first kappa shape index (κ1) is 25.7. The van der Waals surface area contributed by atoms with Crippen molar-refractivity contribution in [1.82, 2.24) is 25.1 Å². The second-order valence-corrected chi connectivity index (χ2v) is 10.1. The van der Waals surface area contributed by atoms with Gasteiger partial charge in [-0.3, -0.25) is 14.3 Å². The molecule has 38 heavy (non-hydrogen) atoms. The van der Waals surface area contributed by atoms with Gasteiger partial charge in [0.1, 0.15) is 5.75 Å². The Balaban J connectivity index is 1.32. The van der Waals surface area contributed by atoms with Gasteiger partial charge < -0.3 is 15.2 Å². The fourth-order valence-electron chi connectivity index (χ4n) is 5.01. The molecule has 5 rings (SSSR count). The third-order valence-corrected chi connectivity index (χ3v) is 7.19. The molecular formula is C28H28ClN5O4. The van der Waals surface area contributed by atoms with Gasteiger partial charge in [-0.15, -0.1) is 0 Å². The number of methoxy groups -OCH3 is 1. The van der Waals surface area contributed by atoms with Gasteiger partial charge >= 0.3 is 5.97 Å². The summed E-state index contributed by atoms with van der Waals surface area (Å²) in [5.74, 6) is 0.548. The van der Waals surface area contributed by atoms with E-state index in [-0.39, 0.29) is 24.3 Å². The van der Waals surface area contributed by atoms with Crippen molar-refractivity contribution < 1.29 is 19.4 Å². The van der Waals surface area contributed by atoms with Crippen molar-refractivity contribution in [2.75, 3.05) is 7.11 Å². The molecule has 1 amide bonds. The standard InChI is InChI=1S/C28H28ClN5O4/c1-38-23-8-4-19(5-9-23)27-30-13-18(14-31-27)16-34-26-20(15-32-34)11-21(29)12-24(26)28(37)33-22-6-2-17(3-7-22)10-25(35)36/h4-5,8-9,11-15,17,22H,2-3,6-7,10,16H2,1H3,(H,33,37)(H,35,36). The van der Waals surface area contributed by atoms with Crippen LogP contribution in [-0.4, -0.2) is 49.9 Å². The predicted molar refractivity (Wildman–Crippen MR) is 143 cm³/mol. The lowest BCUT2D eigenvalue weighted by Gasteiger charge is -2.28. The highest BCUT2D eigenvalue weighted by Gasteiger charge is 2.25. The minimum absolute atomic E-state index is 0.00292. The first-order valence-electron chi connectivity index (χ1n) is 12.5. The zero-order chi connectivity index (χ0) is 26.6. The van der Waals surface area contributed by atoms with Crippen LogP contribution in [0.15, 0.2) is 55.0 Å². The number of hydrogen-bond donors (Lipinski definition) is 2. The molecule has 0 bridgehead atoms. The molecule has 2 heterocycles. The molecule has 2 aromatic carbocycles. The summed E-state index contributed by atoms with van der Waals surface area (Å²) in [5, 5.41) is 17.9. The van der Waals surface area contributed by atoms with Gasteiger partial charge in [-0.2, -0.15) is 5.10 Å². The Morgan fingerprint density at radius 2 is 1.79 bits per heavy atom. The fraction of sp³-hybridized carbons (Fsp3) is 0.321. The lowest BCUT2D eigenvalue weighted by molar-refractivity contribution is -0.138. The summed E-state index contributed by atoms with van der Waals surface area (Å²) >= 11 is 6.34. The topological polar surface area (TPSA) is 119 Å². The number of nitrogens with one attached hydrogen (secondary N) is 1. The van der Waals surface area contributed by atoms with Crippen LogP contribution in [0.3, 0.4) is 0 Å². The highest BCUT2D eigenvalue weighted by Crippen LogP contribution is 2.29. The number of rotatable bonds is 8. The van der Waals surface area contributed by atoms with Crippen molar-refractivity contribution >= 4 is 34.4 Å². The molecule has 2 aromatic heterocycles. The van der Waals surface area contributed by atoms with Crippen molar-refractivity contribution in [2.45, 2.75) is 44.7 Å². The summed E-state index contributed by atoms with van der Waals surface area (Å²) in [6.45, 7) is 0.384. The number of aliphatic carboxylic acids is 1. The Morgan fingerprint density at radius 1 is 1.08 bits per heavy atom. The molecule has 1 saturated carbocycles. The van der Waals surface area contributed by atoms with E-state index in [1.165, 1.54) is 0 Å². The van der Waals surface area contributed by atoms with E-state index in [9.17, 15) is 9.59 Å². The van der Waals surface area contributed by atoms with Gasteiger partial charge in [0, 0.05) is 46.4 Å². The van der Waals surface area contributed by atoms with Crippen molar-refractivity contribution in [3.63, 3.8) is 0 Å². The Bertz CT molecular complexity index is 1440. The number of nitrogens with zero attached hydrogens (tertiary/aromatic N) is 4. The van der Waals surface area contributed by atoms with Gasteiger partial charge in [0.25, 0.3) is 5.91 Å². The molecule has 10 heteroatoms. The highest BCUT2D eigenvalue weighted by atomic mass is 35.5. The lowest BCUT2D eigenvalue weighted by Crippen LogP contribution is -2.38. The third kappa shape index (κ3) is 5.78. The maximum Gasteiger partial charge on any atom is 0.303 e. The molecule has 0 saturated heterocycles. The smallest absolute Gasteiger partial charge is 0.303 e. The average molecular weight is 534 g/mol. The summed E-state index contributed by atoms with van der Waals surface area (Å²) < 4.78 is 6.96. The van der Waals surface area contributed by atoms with Crippen LogP contribution >= 0.6 is 11.6 Å². The van der Waals surface area contributed by atoms with Gasteiger partial charge in [-0.05, 0) is 68.0 Å². The molecule has 1 fully saturated rings. The van der Waals surface area contributed by atoms with Gasteiger partial charge in [-0.25, -0.2) is 9.97 Å². The molecule has 0 atom stereocenters. The summed E-state index contributed by atoms with van der Waals surface area (Å²) in [6.07, 6.45) is 8.46. The number of ether oxygens (including phenoxy) is 1. The molecule has 0 unspecified atom stereocenters. The van der Waals surface area contributed by atoms with Gasteiger partial charge in [0.15, 0.2) is 5.82 Å². The number of halogens is 1. The quantitative estimate of drug-likeness (QED) is 0.328. The minimum Gasteiger partial charge on any atom is -0.497 e. The molecule has 2 N–H and O–H groups in total. The van der Waals surface area contributed by atoms with Crippen molar-refractivity contribution in [3.8, 4) is 17.1 Å². The van der Waals surface area contributed by atoms with E-state index < -0.39 is 5.97 Å². The molecular weight excluding hydrogens is 506 g/mol. The van der Waals surface area contributed by atoms with E-state index in [4.69, 9.17) is 21.4 Å². The van der Waals surface area contributed by atoms with E-state index in [0.717, 1.165) is 47.9 Å². The first-order chi connectivity index (χ1) is 18.4. The Labute approximate surface area is 224 Å². The van der Waals surface area contributed by atoms with Gasteiger partial charge in [-0.1, -0.05) is 11.6 Å². The first-order valence-corrected chi connectivity index (χ1v) is 12.9. The Hall–Kier alpha value is -3.98. The van der Waals surface area contributed by atoms with E-state index >= 15 is 0 Å². The van der Waals surface area contributed by atoms with Crippen LogP contribution in [0, 0.1) is 5.92 Å². The average Bonchev–Trinajstić information content (AvgIpc) is 3.31. The van der Waals surface area contributed by atoms with Crippen LogP contribution in [-0.2, 0) is 11.3 Å². The summed E-state index contributed by atoms with van der Waals surface area (Å²) in [7, 11) is 1.62. The van der Waals surface area contributed by atoms with Crippen LogP contribution < -0.4 is 10.1 Å². The molecule has 0 radical (unpaired) electrons. The van der Waals surface area contributed by atoms with Gasteiger partial charge in [0.2, 0.25) is 0 Å². The molecule has 0 spiro atoms. The lowest BCUT2D eigenvalue weighted by atomic mass is 9.84. The number of carbonyl (C=O) groups excluding carboxylic acids is 1. The molecule has 9 nitrogen and oxygen atoms in total. The zero-order valence-electron chi connectivity index (χ0n) is 20.9. The van der Waals surface area contributed by atoms with E-state index in [2.05, 4.69) is 20.4 Å².